The average Bonchev–Trinajstić information content (AvgIpc) is 2.55. The van der Waals surface area contributed by atoms with Crippen LogP contribution in [-0.4, -0.2) is 15.5 Å². The second-order valence-electron chi connectivity index (χ2n) is 5.06. The van der Waals surface area contributed by atoms with Crippen molar-refractivity contribution in [1.29, 1.82) is 0 Å². The third kappa shape index (κ3) is 4.24. The molecule has 0 saturated heterocycles. The molecule has 0 spiro atoms. The molecular weight excluding hydrogens is 367 g/mol. The van der Waals surface area contributed by atoms with Gasteiger partial charge in [0.2, 0.25) is 5.91 Å². The first-order chi connectivity index (χ1) is 11.8. The van der Waals surface area contributed by atoms with Gasteiger partial charge in [0.1, 0.15) is 11.5 Å². The largest absolute Gasteiger partial charge is 0.383 e. The number of carbonyl (C=O) groups excluding carboxylic acids is 1. The number of nitrogens with one attached hydrogen (secondary N) is 2. The van der Waals surface area contributed by atoms with Crippen LogP contribution in [0.1, 0.15) is 12.0 Å². The molecule has 0 aliphatic rings. The predicted octanol–water partition coefficient (Wildman–Crippen LogP) is 1.63. The molecule has 2 aromatic rings. The standard InChI is InChI=1S/C16H14Cl2N4O3/c1-2-8-22-15(24)13(14(19)21-16(22)25)20-12(23)7-6-9-10(17)4-3-5-11(9)18/h1,3-5H,6-8,19H2,(H,20,23)(H,21,25). The summed E-state index contributed by atoms with van der Waals surface area (Å²) >= 11 is 12.1. The number of nitrogens with zero attached hydrogens (tertiary/aromatic N) is 1. The van der Waals surface area contributed by atoms with E-state index in [4.69, 9.17) is 35.4 Å². The minimum absolute atomic E-state index is 0.0105. The maximum Gasteiger partial charge on any atom is 0.330 e. The molecule has 1 heterocycles. The number of anilines is 2. The molecular formula is C16H14Cl2N4O3. The lowest BCUT2D eigenvalue weighted by Crippen LogP contribution is -2.38. The topological polar surface area (TPSA) is 110 Å². The molecule has 4 N–H and O–H groups in total. The Morgan fingerprint density at radius 3 is 2.56 bits per heavy atom. The van der Waals surface area contributed by atoms with Gasteiger partial charge in [-0.3, -0.25) is 14.6 Å². The molecule has 25 heavy (non-hydrogen) atoms. The average molecular weight is 381 g/mol. The number of halogens is 2. The van der Waals surface area contributed by atoms with Crippen molar-refractivity contribution in [1.82, 2.24) is 9.55 Å². The lowest BCUT2D eigenvalue weighted by molar-refractivity contribution is -0.116. The van der Waals surface area contributed by atoms with E-state index in [0.717, 1.165) is 4.57 Å². The van der Waals surface area contributed by atoms with Crippen molar-refractivity contribution >= 4 is 40.6 Å². The molecule has 0 aliphatic carbocycles. The number of terminal acetylenes is 1. The van der Waals surface area contributed by atoms with Gasteiger partial charge >= 0.3 is 5.69 Å². The van der Waals surface area contributed by atoms with Gasteiger partial charge in [-0.1, -0.05) is 35.2 Å². The summed E-state index contributed by atoms with van der Waals surface area (Å²) in [6.07, 6.45) is 5.40. The van der Waals surface area contributed by atoms with Gasteiger partial charge < -0.3 is 11.1 Å². The number of H-pyrrole nitrogens is 1. The van der Waals surface area contributed by atoms with Crippen molar-refractivity contribution in [2.75, 3.05) is 11.1 Å². The molecule has 0 unspecified atom stereocenters. The Balaban J connectivity index is 2.19. The van der Waals surface area contributed by atoms with E-state index in [9.17, 15) is 14.4 Å². The second-order valence-corrected chi connectivity index (χ2v) is 5.88. The third-order valence-corrected chi connectivity index (χ3v) is 4.10. The van der Waals surface area contributed by atoms with Crippen molar-refractivity contribution in [3.63, 3.8) is 0 Å². The molecule has 0 radical (unpaired) electrons. The van der Waals surface area contributed by atoms with Crippen molar-refractivity contribution in [2.45, 2.75) is 19.4 Å². The monoisotopic (exact) mass is 380 g/mol. The van der Waals surface area contributed by atoms with Crippen LogP contribution >= 0.6 is 23.2 Å². The number of aromatic amines is 1. The van der Waals surface area contributed by atoms with Crippen LogP contribution in [0.15, 0.2) is 27.8 Å². The van der Waals surface area contributed by atoms with Gasteiger partial charge in [-0.2, -0.15) is 0 Å². The van der Waals surface area contributed by atoms with Crippen LogP contribution < -0.4 is 22.3 Å². The lowest BCUT2D eigenvalue weighted by atomic mass is 10.1. The van der Waals surface area contributed by atoms with Gasteiger partial charge in [-0.15, -0.1) is 6.42 Å². The molecule has 9 heteroatoms. The maximum atomic E-state index is 12.2. The maximum absolute atomic E-state index is 12.2. The minimum Gasteiger partial charge on any atom is -0.383 e. The van der Waals surface area contributed by atoms with E-state index in [2.05, 4.69) is 16.2 Å². The van der Waals surface area contributed by atoms with E-state index in [1.807, 2.05) is 0 Å². The number of benzene rings is 1. The summed E-state index contributed by atoms with van der Waals surface area (Å²) in [5.74, 6) is 1.45. The molecule has 0 aliphatic heterocycles. The van der Waals surface area contributed by atoms with Gasteiger partial charge in [-0.05, 0) is 24.1 Å². The molecule has 0 bridgehead atoms. The van der Waals surface area contributed by atoms with E-state index in [-0.39, 0.29) is 30.9 Å². The molecule has 0 atom stereocenters. The smallest absolute Gasteiger partial charge is 0.330 e. The fourth-order valence-corrected chi connectivity index (χ4v) is 2.74. The Bertz CT molecular complexity index is 953. The predicted molar refractivity (Wildman–Crippen MR) is 98.0 cm³/mol. The number of hydrogen-bond donors (Lipinski definition) is 3. The summed E-state index contributed by atoms with van der Waals surface area (Å²) in [5, 5.41) is 3.28. The van der Waals surface area contributed by atoms with Crippen LogP contribution in [0.3, 0.4) is 0 Å². The van der Waals surface area contributed by atoms with Crippen molar-refractivity contribution in [3.05, 3.63) is 54.6 Å². The fraction of sp³-hybridized carbons (Fsp3) is 0.188. The first-order valence-electron chi connectivity index (χ1n) is 7.14. The van der Waals surface area contributed by atoms with Crippen molar-refractivity contribution in [3.8, 4) is 12.3 Å². The summed E-state index contributed by atoms with van der Waals surface area (Å²) in [6, 6.07) is 5.03. The zero-order valence-electron chi connectivity index (χ0n) is 12.9. The Morgan fingerprint density at radius 2 is 1.96 bits per heavy atom. The molecule has 7 nitrogen and oxygen atoms in total. The van der Waals surface area contributed by atoms with Crippen LogP contribution in [0.2, 0.25) is 10.0 Å². The number of aromatic nitrogens is 2. The van der Waals surface area contributed by atoms with Crippen molar-refractivity contribution < 1.29 is 4.79 Å². The molecule has 1 amide bonds. The normalized spacial score (nSPS) is 10.3. The highest BCUT2D eigenvalue weighted by Gasteiger charge is 2.15. The number of amides is 1. The third-order valence-electron chi connectivity index (χ3n) is 3.39. The Kier molecular flexibility index (Phi) is 5.91. The van der Waals surface area contributed by atoms with E-state index < -0.39 is 17.2 Å². The van der Waals surface area contributed by atoms with Gasteiger partial charge in [0.25, 0.3) is 5.56 Å². The molecule has 0 saturated carbocycles. The van der Waals surface area contributed by atoms with Gasteiger partial charge in [0.15, 0.2) is 0 Å². The van der Waals surface area contributed by atoms with E-state index in [1.165, 1.54) is 0 Å². The Morgan fingerprint density at radius 1 is 1.32 bits per heavy atom. The highest BCUT2D eigenvalue weighted by molar-refractivity contribution is 6.36. The summed E-state index contributed by atoms with van der Waals surface area (Å²) in [4.78, 5) is 38.3. The van der Waals surface area contributed by atoms with Gasteiger partial charge in [0, 0.05) is 16.5 Å². The van der Waals surface area contributed by atoms with Crippen LogP contribution in [0.4, 0.5) is 11.5 Å². The summed E-state index contributed by atoms with van der Waals surface area (Å²) in [7, 11) is 0. The minimum atomic E-state index is -0.775. The van der Waals surface area contributed by atoms with Crippen LogP contribution in [-0.2, 0) is 17.8 Å². The SMILES string of the molecule is C#CCn1c(=O)[nH]c(N)c(NC(=O)CCc2c(Cl)cccc2Cl)c1=O. The number of hydrogen-bond acceptors (Lipinski definition) is 4. The highest BCUT2D eigenvalue weighted by atomic mass is 35.5. The summed E-state index contributed by atoms with van der Waals surface area (Å²) < 4.78 is 0.761. The fourth-order valence-electron chi connectivity index (χ4n) is 2.15. The zero-order valence-corrected chi connectivity index (χ0v) is 14.4. The van der Waals surface area contributed by atoms with Gasteiger partial charge in [-0.25, -0.2) is 9.36 Å². The molecule has 0 fully saturated rings. The number of rotatable bonds is 5. The first kappa shape index (κ1) is 18.6. The molecule has 1 aromatic heterocycles. The first-order valence-corrected chi connectivity index (χ1v) is 7.89. The molecule has 130 valence electrons. The summed E-state index contributed by atoms with van der Waals surface area (Å²) in [6.45, 7) is -0.244. The van der Waals surface area contributed by atoms with Gasteiger partial charge in [0.05, 0.1) is 6.54 Å². The molecule has 2 rings (SSSR count). The van der Waals surface area contributed by atoms with Crippen LogP contribution in [0, 0.1) is 12.3 Å². The lowest BCUT2D eigenvalue weighted by Gasteiger charge is -2.10. The number of nitrogens with two attached hydrogens (primary N) is 1. The van der Waals surface area contributed by atoms with Crippen molar-refractivity contribution in [2.24, 2.45) is 0 Å². The quantitative estimate of drug-likeness (QED) is 0.684. The van der Waals surface area contributed by atoms with E-state index >= 15 is 0 Å². The summed E-state index contributed by atoms with van der Waals surface area (Å²) in [5.41, 5.74) is 4.48. The Hall–Kier alpha value is -2.69. The highest BCUT2D eigenvalue weighted by Crippen LogP contribution is 2.25. The zero-order chi connectivity index (χ0) is 18.6. The molecule has 1 aromatic carbocycles. The van der Waals surface area contributed by atoms with Crippen LogP contribution in [0.25, 0.3) is 0 Å². The Labute approximate surface area is 152 Å². The number of nitrogen functional groups attached to an aromatic ring is 1. The second kappa shape index (κ2) is 7.92. The van der Waals surface area contributed by atoms with E-state index in [0.29, 0.717) is 15.6 Å². The van der Waals surface area contributed by atoms with Crippen LogP contribution in [0.5, 0.6) is 0 Å². The number of carbonyl (C=O) groups is 1. The van der Waals surface area contributed by atoms with E-state index in [1.54, 1.807) is 18.2 Å².